The highest BCUT2D eigenvalue weighted by Gasteiger charge is 2.66. The molecule has 10 heteroatoms. The van der Waals surface area contributed by atoms with Crippen molar-refractivity contribution in [2.45, 2.75) is 135 Å². The van der Waals surface area contributed by atoms with E-state index in [1.807, 2.05) is 7.05 Å². The zero-order valence-electron chi connectivity index (χ0n) is 25.4. The van der Waals surface area contributed by atoms with Gasteiger partial charge in [0.2, 0.25) is 0 Å². The molecule has 2 aliphatic rings. The van der Waals surface area contributed by atoms with Crippen LogP contribution in [0.2, 0.25) is 0 Å². The molecule has 0 aromatic rings. The molecule has 1 aliphatic heterocycles. The predicted octanol–water partition coefficient (Wildman–Crippen LogP) is 1.71. The van der Waals surface area contributed by atoms with Crippen molar-refractivity contribution in [1.82, 2.24) is 10.6 Å². The molecule has 0 amide bonds. The standard InChI is InChI=1S/C29H56N2O8/c1-9-23(38-26(35)19(3)16-33)28(7,36)25(34)21(5)31-15-18(2)14-27(6)17-29(27,10-11-32)39-24-13-22(30-8)12-20(4)37-24/h18-25,30-34,36H,9-17H2,1-8H3. The van der Waals surface area contributed by atoms with E-state index in [1.165, 1.54) is 6.92 Å². The summed E-state index contributed by atoms with van der Waals surface area (Å²) in [6.45, 7) is 13.3. The maximum absolute atomic E-state index is 12.2. The Hall–Kier alpha value is -0.850. The normalized spacial score (nSPS) is 34.4. The topological polar surface area (TPSA) is 150 Å². The molecule has 6 N–H and O–H groups in total. The summed E-state index contributed by atoms with van der Waals surface area (Å²) in [4.78, 5) is 12.2. The molecule has 39 heavy (non-hydrogen) atoms. The van der Waals surface area contributed by atoms with Crippen LogP contribution in [0.25, 0.3) is 0 Å². The molecular weight excluding hydrogens is 504 g/mol. The maximum atomic E-state index is 12.2. The van der Waals surface area contributed by atoms with Crippen molar-refractivity contribution in [3.63, 3.8) is 0 Å². The molecule has 1 saturated heterocycles. The van der Waals surface area contributed by atoms with Crippen LogP contribution in [0.3, 0.4) is 0 Å². The highest BCUT2D eigenvalue weighted by molar-refractivity contribution is 5.72. The Labute approximate surface area is 235 Å². The van der Waals surface area contributed by atoms with Crippen molar-refractivity contribution in [2.24, 2.45) is 17.3 Å². The Morgan fingerprint density at radius 3 is 2.46 bits per heavy atom. The van der Waals surface area contributed by atoms with E-state index in [-0.39, 0.29) is 36.9 Å². The predicted molar refractivity (Wildman–Crippen MR) is 149 cm³/mol. The van der Waals surface area contributed by atoms with Gasteiger partial charge >= 0.3 is 5.97 Å². The molecule has 10 nitrogen and oxygen atoms in total. The van der Waals surface area contributed by atoms with Crippen molar-refractivity contribution in [3.05, 3.63) is 0 Å². The summed E-state index contributed by atoms with van der Waals surface area (Å²) in [6.07, 6.45) is 2.04. The molecular formula is C29H56N2O8. The lowest BCUT2D eigenvalue weighted by Crippen LogP contribution is -2.58. The highest BCUT2D eigenvalue weighted by atomic mass is 16.7. The summed E-state index contributed by atoms with van der Waals surface area (Å²) >= 11 is 0. The van der Waals surface area contributed by atoms with Crippen molar-refractivity contribution in [3.8, 4) is 0 Å². The van der Waals surface area contributed by atoms with Crippen molar-refractivity contribution < 1.29 is 39.4 Å². The lowest BCUT2D eigenvalue weighted by molar-refractivity contribution is -0.233. The Morgan fingerprint density at radius 2 is 1.90 bits per heavy atom. The van der Waals surface area contributed by atoms with Gasteiger partial charge in [-0.2, -0.15) is 0 Å². The first-order chi connectivity index (χ1) is 18.2. The van der Waals surface area contributed by atoms with Gasteiger partial charge in [-0.15, -0.1) is 0 Å². The first-order valence-electron chi connectivity index (χ1n) is 14.7. The summed E-state index contributed by atoms with van der Waals surface area (Å²) in [5.74, 6) is -1.07. The summed E-state index contributed by atoms with van der Waals surface area (Å²) in [5, 5.41) is 47.9. The van der Waals surface area contributed by atoms with Crippen LogP contribution in [0.1, 0.15) is 87.0 Å². The number of aliphatic hydroxyl groups is 4. The van der Waals surface area contributed by atoms with Crippen LogP contribution in [0.4, 0.5) is 0 Å². The second kappa shape index (κ2) is 14.4. The van der Waals surface area contributed by atoms with E-state index in [0.29, 0.717) is 25.4 Å². The highest BCUT2D eigenvalue weighted by Crippen LogP contribution is 2.64. The van der Waals surface area contributed by atoms with Crippen LogP contribution >= 0.6 is 0 Å². The second-order valence-electron chi connectivity index (χ2n) is 12.8. The number of rotatable bonds is 17. The molecule has 230 valence electrons. The number of esters is 1. The molecule has 1 aliphatic carbocycles. The number of nitrogens with one attached hydrogen (secondary N) is 2. The molecule has 2 rings (SSSR count). The van der Waals surface area contributed by atoms with Crippen molar-refractivity contribution in [1.29, 1.82) is 0 Å². The summed E-state index contributed by atoms with van der Waals surface area (Å²) in [5.41, 5.74) is -2.20. The van der Waals surface area contributed by atoms with Gasteiger partial charge in [0, 0.05) is 31.5 Å². The molecule has 0 aromatic heterocycles. The number of ether oxygens (including phenoxy) is 3. The Balaban J connectivity index is 1.94. The lowest BCUT2D eigenvalue weighted by Gasteiger charge is -2.39. The van der Waals surface area contributed by atoms with Gasteiger partial charge in [0.1, 0.15) is 17.8 Å². The Bertz CT molecular complexity index is 770. The molecule has 1 heterocycles. The number of carbonyl (C=O) groups is 1. The van der Waals surface area contributed by atoms with E-state index in [4.69, 9.17) is 14.2 Å². The zero-order valence-corrected chi connectivity index (χ0v) is 25.4. The van der Waals surface area contributed by atoms with E-state index in [0.717, 1.165) is 25.7 Å². The van der Waals surface area contributed by atoms with Gasteiger partial charge in [-0.05, 0) is 78.3 Å². The fourth-order valence-electron chi connectivity index (χ4n) is 6.30. The van der Waals surface area contributed by atoms with Crippen LogP contribution in [-0.4, -0.2) is 101 Å². The largest absolute Gasteiger partial charge is 0.459 e. The SMILES string of the molecule is CCC(OC(=O)C(C)CO)C(C)(O)C(O)C(C)NCC(C)CC1(C)CC1(CCO)OC1CC(NC)CC(C)O1. The van der Waals surface area contributed by atoms with Gasteiger partial charge in [-0.3, -0.25) is 4.79 Å². The van der Waals surface area contributed by atoms with Crippen LogP contribution in [0.5, 0.6) is 0 Å². The van der Waals surface area contributed by atoms with Crippen LogP contribution in [0, 0.1) is 17.3 Å². The third kappa shape index (κ3) is 8.58. The number of carbonyl (C=O) groups excluding carboxylic acids is 1. The average molecular weight is 561 g/mol. The first kappa shape index (κ1) is 34.4. The smallest absolute Gasteiger partial charge is 0.311 e. The summed E-state index contributed by atoms with van der Waals surface area (Å²) < 4.78 is 18.1. The molecule has 0 radical (unpaired) electrons. The van der Waals surface area contributed by atoms with Crippen molar-refractivity contribution in [2.75, 3.05) is 26.8 Å². The van der Waals surface area contributed by atoms with Crippen LogP contribution < -0.4 is 10.6 Å². The second-order valence-corrected chi connectivity index (χ2v) is 12.8. The number of aliphatic hydroxyl groups excluding tert-OH is 3. The van der Waals surface area contributed by atoms with Gasteiger partial charge in [0.25, 0.3) is 0 Å². The van der Waals surface area contributed by atoms with Crippen LogP contribution in [-0.2, 0) is 19.0 Å². The van der Waals surface area contributed by atoms with Gasteiger partial charge in [-0.1, -0.05) is 20.8 Å². The quantitative estimate of drug-likeness (QED) is 0.145. The van der Waals surface area contributed by atoms with Gasteiger partial charge in [-0.25, -0.2) is 0 Å². The van der Waals surface area contributed by atoms with E-state index in [1.54, 1.807) is 20.8 Å². The molecule has 0 bridgehead atoms. The van der Waals surface area contributed by atoms with E-state index < -0.39 is 41.3 Å². The number of hydrogen-bond donors (Lipinski definition) is 6. The minimum Gasteiger partial charge on any atom is -0.459 e. The van der Waals surface area contributed by atoms with E-state index in [9.17, 15) is 25.2 Å². The fourth-order valence-corrected chi connectivity index (χ4v) is 6.30. The van der Waals surface area contributed by atoms with Gasteiger partial charge in [0.05, 0.1) is 24.2 Å². The first-order valence-corrected chi connectivity index (χ1v) is 14.7. The lowest BCUT2D eigenvalue weighted by atomic mass is 9.86. The Morgan fingerprint density at radius 1 is 1.23 bits per heavy atom. The maximum Gasteiger partial charge on any atom is 0.311 e. The number of hydrogen-bond acceptors (Lipinski definition) is 10. The van der Waals surface area contributed by atoms with Gasteiger partial charge in [0.15, 0.2) is 6.29 Å². The van der Waals surface area contributed by atoms with Crippen molar-refractivity contribution >= 4 is 5.97 Å². The van der Waals surface area contributed by atoms with Crippen LogP contribution in [0.15, 0.2) is 0 Å². The molecule has 11 unspecified atom stereocenters. The third-order valence-corrected chi connectivity index (χ3v) is 9.03. The third-order valence-electron chi connectivity index (χ3n) is 9.03. The fraction of sp³-hybridized carbons (Fsp3) is 0.966. The Kier molecular flexibility index (Phi) is 12.6. The minimum atomic E-state index is -1.68. The zero-order chi connectivity index (χ0) is 29.6. The van der Waals surface area contributed by atoms with E-state index in [2.05, 4.69) is 31.4 Å². The minimum absolute atomic E-state index is 0.0541. The molecule has 11 atom stereocenters. The van der Waals surface area contributed by atoms with Gasteiger partial charge < -0.3 is 45.3 Å². The monoisotopic (exact) mass is 560 g/mol. The summed E-state index contributed by atoms with van der Waals surface area (Å²) in [6, 6.07) is -0.122. The molecule has 0 aromatic carbocycles. The van der Waals surface area contributed by atoms with E-state index >= 15 is 0 Å². The molecule has 0 spiro atoms. The summed E-state index contributed by atoms with van der Waals surface area (Å²) in [7, 11) is 1.96. The molecule has 1 saturated carbocycles. The average Bonchev–Trinajstić information content (AvgIpc) is 3.44. The molecule has 2 fully saturated rings.